The first-order valence-corrected chi connectivity index (χ1v) is 6.74. The van der Waals surface area contributed by atoms with Crippen LogP contribution in [0.3, 0.4) is 0 Å². The summed E-state index contributed by atoms with van der Waals surface area (Å²) in [6, 6.07) is 8.48. The maximum atomic E-state index is 9.83. The average Bonchev–Trinajstić information content (AvgIpc) is 2.31. The Bertz CT molecular complexity index is 375. The lowest BCUT2D eigenvalue weighted by Gasteiger charge is -2.34. The van der Waals surface area contributed by atoms with E-state index in [9.17, 15) is 5.11 Å². The molecule has 0 aromatic heterocycles. The highest BCUT2D eigenvalue weighted by Crippen LogP contribution is 2.26. The predicted octanol–water partition coefficient (Wildman–Crippen LogP) is 2.12. The van der Waals surface area contributed by atoms with Crippen LogP contribution in [0.2, 0.25) is 0 Å². The lowest BCUT2D eigenvalue weighted by Crippen LogP contribution is -2.44. The second kappa shape index (κ2) is 6.21. The Balaban J connectivity index is 1.63. The summed E-state index contributed by atoms with van der Waals surface area (Å²) in [7, 11) is 0. The van der Waals surface area contributed by atoms with Crippen LogP contribution in [0, 0.1) is 12.8 Å². The van der Waals surface area contributed by atoms with Gasteiger partial charge >= 0.3 is 0 Å². The van der Waals surface area contributed by atoms with E-state index >= 15 is 0 Å². The lowest BCUT2D eigenvalue weighted by atomic mass is 9.82. The fraction of sp³-hybridized carbons (Fsp3) is 0.600. The fourth-order valence-corrected chi connectivity index (χ4v) is 2.33. The topological polar surface area (TPSA) is 41.5 Å². The van der Waals surface area contributed by atoms with Crippen molar-refractivity contribution in [3.63, 3.8) is 0 Å². The van der Waals surface area contributed by atoms with Crippen molar-refractivity contribution in [3.05, 3.63) is 29.8 Å². The number of rotatable bonds is 6. The molecule has 100 valence electrons. The smallest absolute Gasteiger partial charge is 0.119 e. The number of aliphatic hydroxyl groups excluding tert-OH is 1. The normalized spacial score (nSPS) is 24.4. The summed E-state index contributed by atoms with van der Waals surface area (Å²) in [4.78, 5) is 0. The molecule has 0 radical (unpaired) electrons. The third-order valence-electron chi connectivity index (χ3n) is 3.45. The molecule has 0 saturated heterocycles. The molecule has 0 bridgehead atoms. The van der Waals surface area contributed by atoms with Gasteiger partial charge in [0.05, 0.1) is 0 Å². The summed E-state index contributed by atoms with van der Waals surface area (Å²) in [5, 5.41) is 13.2. The van der Waals surface area contributed by atoms with E-state index in [-0.39, 0.29) is 0 Å². The maximum Gasteiger partial charge on any atom is 0.119 e. The second-order valence-corrected chi connectivity index (χ2v) is 5.46. The molecule has 3 heteroatoms. The Hall–Kier alpha value is -1.06. The quantitative estimate of drug-likeness (QED) is 0.811. The van der Waals surface area contributed by atoms with Gasteiger partial charge in [0, 0.05) is 12.6 Å². The number of aryl methyl sites for hydroxylation is 1. The molecule has 2 N–H and O–H groups in total. The van der Waals surface area contributed by atoms with Gasteiger partial charge in [-0.2, -0.15) is 0 Å². The van der Waals surface area contributed by atoms with E-state index < -0.39 is 6.10 Å². The maximum absolute atomic E-state index is 9.83. The van der Waals surface area contributed by atoms with Crippen LogP contribution in [0.1, 0.15) is 25.3 Å². The Morgan fingerprint density at radius 3 is 2.89 bits per heavy atom. The molecular formula is C15H23NO2. The van der Waals surface area contributed by atoms with Crippen molar-refractivity contribution in [2.24, 2.45) is 5.92 Å². The van der Waals surface area contributed by atoms with Gasteiger partial charge in [-0.25, -0.2) is 0 Å². The summed E-state index contributed by atoms with van der Waals surface area (Å²) in [6.45, 7) is 5.25. The van der Waals surface area contributed by atoms with Crippen LogP contribution in [0.15, 0.2) is 24.3 Å². The van der Waals surface area contributed by atoms with Gasteiger partial charge in [0.2, 0.25) is 0 Å². The van der Waals surface area contributed by atoms with E-state index in [1.807, 2.05) is 31.2 Å². The molecule has 3 nitrogen and oxygen atoms in total. The minimum atomic E-state index is -0.443. The number of nitrogens with one attached hydrogen (secondary N) is 1. The van der Waals surface area contributed by atoms with Crippen LogP contribution in [0.4, 0.5) is 0 Å². The Morgan fingerprint density at radius 1 is 1.44 bits per heavy atom. The summed E-state index contributed by atoms with van der Waals surface area (Å²) in [5.41, 5.74) is 1.17. The molecule has 0 heterocycles. The van der Waals surface area contributed by atoms with Crippen molar-refractivity contribution in [1.82, 2.24) is 5.32 Å². The van der Waals surface area contributed by atoms with Crippen molar-refractivity contribution < 1.29 is 9.84 Å². The van der Waals surface area contributed by atoms with Crippen molar-refractivity contribution in [3.8, 4) is 5.75 Å². The van der Waals surface area contributed by atoms with Crippen LogP contribution in [0.25, 0.3) is 0 Å². The molecule has 0 aliphatic heterocycles. The van der Waals surface area contributed by atoms with Crippen molar-refractivity contribution in [2.45, 2.75) is 38.8 Å². The molecule has 1 atom stereocenters. The van der Waals surface area contributed by atoms with Gasteiger partial charge in [0.25, 0.3) is 0 Å². The molecule has 1 aliphatic rings. The summed E-state index contributed by atoms with van der Waals surface area (Å²) < 4.78 is 5.56. The molecule has 1 saturated carbocycles. The molecule has 2 rings (SSSR count). The number of ether oxygens (including phenoxy) is 1. The van der Waals surface area contributed by atoms with Gasteiger partial charge in [-0.05, 0) is 43.4 Å². The Labute approximate surface area is 109 Å². The Morgan fingerprint density at radius 2 is 2.22 bits per heavy atom. The minimum absolute atomic E-state index is 0.346. The molecular weight excluding hydrogens is 226 g/mol. The minimum Gasteiger partial charge on any atom is -0.491 e. The summed E-state index contributed by atoms with van der Waals surface area (Å²) >= 11 is 0. The predicted molar refractivity (Wildman–Crippen MR) is 72.9 cm³/mol. The van der Waals surface area contributed by atoms with Gasteiger partial charge < -0.3 is 15.2 Å². The molecule has 1 unspecified atom stereocenters. The highest BCUT2D eigenvalue weighted by molar-refractivity contribution is 5.27. The highest BCUT2D eigenvalue weighted by atomic mass is 16.5. The van der Waals surface area contributed by atoms with Crippen LogP contribution in [-0.2, 0) is 0 Å². The van der Waals surface area contributed by atoms with Gasteiger partial charge in [-0.1, -0.05) is 19.1 Å². The first-order chi connectivity index (χ1) is 8.63. The second-order valence-electron chi connectivity index (χ2n) is 5.46. The van der Waals surface area contributed by atoms with Crippen LogP contribution in [0.5, 0.6) is 5.75 Å². The van der Waals surface area contributed by atoms with E-state index in [1.54, 1.807) is 0 Å². The zero-order chi connectivity index (χ0) is 13.0. The Kier molecular flexibility index (Phi) is 4.61. The molecule has 18 heavy (non-hydrogen) atoms. The number of hydrogen-bond acceptors (Lipinski definition) is 3. The van der Waals surface area contributed by atoms with E-state index in [1.165, 1.54) is 18.4 Å². The molecule has 1 aromatic rings. The average molecular weight is 249 g/mol. The van der Waals surface area contributed by atoms with Gasteiger partial charge in [0.1, 0.15) is 18.5 Å². The van der Waals surface area contributed by atoms with Crippen LogP contribution < -0.4 is 10.1 Å². The first kappa shape index (κ1) is 13.4. The first-order valence-electron chi connectivity index (χ1n) is 6.74. The molecule has 1 fully saturated rings. The number of aliphatic hydroxyl groups is 1. The molecule has 0 amide bonds. The van der Waals surface area contributed by atoms with E-state index in [2.05, 4.69) is 12.2 Å². The fourth-order valence-electron chi connectivity index (χ4n) is 2.33. The van der Waals surface area contributed by atoms with Crippen molar-refractivity contribution in [1.29, 1.82) is 0 Å². The van der Waals surface area contributed by atoms with E-state index in [4.69, 9.17) is 4.74 Å². The van der Waals surface area contributed by atoms with Crippen LogP contribution in [-0.4, -0.2) is 30.4 Å². The van der Waals surface area contributed by atoms with Crippen molar-refractivity contribution >= 4 is 0 Å². The molecule has 1 aliphatic carbocycles. The third kappa shape index (κ3) is 4.00. The van der Waals surface area contributed by atoms with Gasteiger partial charge in [-0.15, -0.1) is 0 Å². The third-order valence-corrected chi connectivity index (χ3v) is 3.45. The summed E-state index contributed by atoms with van der Waals surface area (Å²) in [5.74, 6) is 1.66. The summed E-state index contributed by atoms with van der Waals surface area (Å²) in [6.07, 6.45) is 2.01. The molecule has 1 aromatic carbocycles. The van der Waals surface area contributed by atoms with Gasteiger partial charge in [-0.3, -0.25) is 0 Å². The molecule has 0 spiro atoms. The van der Waals surface area contributed by atoms with Gasteiger partial charge in [0.15, 0.2) is 0 Å². The zero-order valence-corrected chi connectivity index (χ0v) is 11.2. The zero-order valence-electron chi connectivity index (χ0n) is 11.2. The monoisotopic (exact) mass is 249 g/mol. The van der Waals surface area contributed by atoms with E-state index in [0.29, 0.717) is 19.2 Å². The SMILES string of the molecule is Cc1cccc(OCC(O)CNC2CC(C)C2)c1. The number of hydrogen-bond donors (Lipinski definition) is 2. The van der Waals surface area contributed by atoms with Crippen molar-refractivity contribution in [2.75, 3.05) is 13.2 Å². The largest absolute Gasteiger partial charge is 0.491 e. The standard InChI is InChI=1S/C15H23NO2/c1-11-4-3-5-15(8-11)18-10-14(17)9-16-13-6-12(2)7-13/h3-5,8,12-14,16-17H,6-7,9-10H2,1-2H3. The number of benzene rings is 1. The van der Waals surface area contributed by atoms with Crippen LogP contribution >= 0.6 is 0 Å². The van der Waals surface area contributed by atoms with E-state index in [0.717, 1.165) is 11.7 Å². The lowest BCUT2D eigenvalue weighted by molar-refractivity contribution is 0.0955. The highest BCUT2D eigenvalue weighted by Gasteiger charge is 2.25.